The Morgan fingerprint density at radius 2 is 1.93 bits per heavy atom. The summed E-state index contributed by atoms with van der Waals surface area (Å²) in [7, 11) is 1.80. The molecule has 0 aliphatic carbocycles. The number of amides is 2. The van der Waals surface area contributed by atoms with E-state index in [1.165, 1.54) is 0 Å². The van der Waals surface area contributed by atoms with Gasteiger partial charge in [0.2, 0.25) is 5.91 Å². The molecule has 1 aromatic carbocycles. The third-order valence-electron chi connectivity index (χ3n) is 6.10. The predicted octanol–water partition coefficient (Wildman–Crippen LogP) is 4.22. The van der Waals surface area contributed by atoms with Crippen LogP contribution in [0.1, 0.15) is 64.5 Å². The second-order valence-electron chi connectivity index (χ2n) is 7.73. The number of hydrogen-bond acceptors (Lipinski definition) is 2. The van der Waals surface area contributed by atoms with E-state index in [4.69, 9.17) is 0 Å². The van der Waals surface area contributed by atoms with Gasteiger partial charge in [-0.1, -0.05) is 36.9 Å². The number of aromatic nitrogens is 1. The standard InChI is InChI=1S/C24H27N3O2/c1-4-10-16-19(15-25-20(16)5-2)22-21(24(29)27-13-8-9-14-27)17-11-6-7-12-18(17)23(28)26(22)3/h4-7,10-12,15,21-22,25H,2,8-9,13-14H2,1,3H3/b10-4-. The predicted molar refractivity (Wildman–Crippen MR) is 115 cm³/mol. The van der Waals surface area contributed by atoms with Gasteiger partial charge in [0.05, 0.1) is 12.0 Å². The van der Waals surface area contributed by atoms with E-state index in [0.717, 1.165) is 48.3 Å². The number of nitrogens with one attached hydrogen (secondary N) is 1. The van der Waals surface area contributed by atoms with Crippen LogP contribution < -0.4 is 0 Å². The summed E-state index contributed by atoms with van der Waals surface area (Å²) in [4.78, 5) is 33.8. The van der Waals surface area contributed by atoms with E-state index in [9.17, 15) is 9.59 Å². The maximum absolute atomic E-state index is 13.7. The molecule has 5 nitrogen and oxygen atoms in total. The van der Waals surface area contributed by atoms with Crippen molar-refractivity contribution in [3.05, 3.63) is 71.1 Å². The van der Waals surface area contributed by atoms with E-state index >= 15 is 0 Å². The third-order valence-corrected chi connectivity index (χ3v) is 6.10. The minimum Gasteiger partial charge on any atom is -0.361 e. The first-order valence-corrected chi connectivity index (χ1v) is 10.2. The van der Waals surface area contributed by atoms with Crippen molar-refractivity contribution in [2.75, 3.05) is 20.1 Å². The summed E-state index contributed by atoms with van der Waals surface area (Å²) >= 11 is 0. The van der Waals surface area contributed by atoms with Gasteiger partial charge in [0, 0.05) is 48.7 Å². The SMILES string of the molecule is C=Cc1[nH]cc(C2C(C(=O)N3CCCC3)c3ccccc3C(=O)N2C)c1/C=C\C. The van der Waals surface area contributed by atoms with Crippen molar-refractivity contribution < 1.29 is 9.59 Å². The number of nitrogens with zero attached hydrogens (tertiary/aromatic N) is 2. The van der Waals surface area contributed by atoms with Gasteiger partial charge in [0.1, 0.15) is 0 Å². The summed E-state index contributed by atoms with van der Waals surface area (Å²) < 4.78 is 0. The van der Waals surface area contributed by atoms with Gasteiger partial charge in [-0.3, -0.25) is 9.59 Å². The fourth-order valence-corrected chi connectivity index (χ4v) is 4.70. The Kier molecular flexibility index (Phi) is 5.14. The summed E-state index contributed by atoms with van der Waals surface area (Å²) in [6.07, 6.45) is 9.74. The highest BCUT2D eigenvalue weighted by atomic mass is 16.2. The van der Waals surface area contributed by atoms with E-state index in [2.05, 4.69) is 11.6 Å². The molecule has 0 spiro atoms. The molecule has 2 unspecified atom stereocenters. The van der Waals surface area contributed by atoms with Crippen LogP contribution in [0.15, 0.2) is 43.1 Å². The lowest BCUT2D eigenvalue weighted by molar-refractivity contribution is -0.133. The molecule has 0 bridgehead atoms. The second kappa shape index (κ2) is 7.74. The Bertz CT molecular complexity index is 982. The molecule has 29 heavy (non-hydrogen) atoms. The normalized spacial score (nSPS) is 21.7. The number of fused-ring (bicyclic) bond motifs is 1. The van der Waals surface area contributed by atoms with E-state index in [1.807, 2.05) is 54.4 Å². The number of benzene rings is 1. The second-order valence-corrected chi connectivity index (χ2v) is 7.73. The van der Waals surface area contributed by atoms with Crippen LogP contribution in [0.25, 0.3) is 12.2 Å². The molecule has 0 saturated carbocycles. The average Bonchev–Trinajstić information content (AvgIpc) is 3.41. The molecular formula is C24H27N3O2. The van der Waals surface area contributed by atoms with Crippen LogP contribution >= 0.6 is 0 Å². The zero-order valence-electron chi connectivity index (χ0n) is 17.0. The van der Waals surface area contributed by atoms with Gasteiger partial charge < -0.3 is 14.8 Å². The summed E-state index contributed by atoms with van der Waals surface area (Å²) in [5.74, 6) is -0.375. The zero-order chi connectivity index (χ0) is 20.5. The van der Waals surface area contributed by atoms with Crippen molar-refractivity contribution in [1.82, 2.24) is 14.8 Å². The molecule has 5 heteroatoms. The molecule has 1 aromatic heterocycles. The van der Waals surface area contributed by atoms with Gasteiger partial charge in [-0.2, -0.15) is 0 Å². The molecule has 1 N–H and O–H groups in total. The van der Waals surface area contributed by atoms with E-state index < -0.39 is 5.92 Å². The summed E-state index contributed by atoms with van der Waals surface area (Å²) in [5, 5.41) is 0. The summed E-state index contributed by atoms with van der Waals surface area (Å²) in [5.41, 5.74) is 4.26. The van der Waals surface area contributed by atoms with Crippen LogP contribution in [0, 0.1) is 0 Å². The number of hydrogen-bond donors (Lipinski definition) is 1. The largest absolute Gasteiger partial charge is 0.361 e. The fourth-order valence-electron chi connectivity index (χ4n) is 4.70. The molecule has 1 saturated heterocycles. The van der Waals surface area contributed by atoms with Crippen molar-refractivity contribution in [3.63, 3.8) is 0 Å². The average molecular weight is 389 g/mol. The topological polar surface area (TPSA) is 56.4 Å². The minimum absolute atomic E-state index is 0.0520. The number of rotatable bonds is 4. The van der Waals surface area contributed by atoms with Crippen LogP contribution in [0.2, 0.25) is 0 Å². The maximum Gasteiger partial charge on any atom is 0.254 e. The third kappa shape index (κ3) is 3.11. The number of aromatic amines is 1. The summed E-state index contributed by atoms with van der Waals surface area (Å²) in [6, 6.07) is 7.16. The van der Waals surface area contributed by atoms with Crippen LogP contribution in [0.4, 0.5) is 0 Å². The molecular weight excluding hydrogens is 362 g/mol. The molecule has 0 radical (unpaired) electrons. The van der Waals surface area contributed by atoms with Crippen LogP contribution in [-0.2, 0) is 4.79 Å². The van der Waals surface area contributed by atoms with Crippen LogP contribution in [0.5, 0.6) is 0 Å². The molecule has 3 heterocycles. The molecule has 2 atom stereocenters. The van der Waals surface area contributed by atoms with Crippen molar-refractivity contribution in [2.24, 2.45) is 0 Å². The van der Waals surface area contributed by atoms with E-state index in [-0.39, 0.29) is 17.9 Å². The lowest BCUT2D eigenvalue weighted by Crippen LogP contribution is -2.46. The van der Waals surface area contributed by atoms with Crippen LogP contribution in [0.3, 0.4) is 0 Å². The van der Waals surface area contributed by atoms with Gasteiger partial charge in [-0.15, -0.1) is 0 Å². The number of carbonyl (C=O) groups excluding carboxylic acids is 2. The first-order chi connectivity index (χ1) is 14.1. The number of likely N-dealkylation sites (tertiary alicyclic amines) is 1. The molecule has 1 fully saturated rings. The smallest absolute Gasteiger partial charge is 0.254 e. The molecule has 2 aromatic rings. The van der Waals surface area contributed by atoms with E-state index in [1.54, 1.807) is 18.0 Å². The number of H-pyrrole nitrogens is 1. The zero-order valence-corrected chi connectivity index (χ0v) is 17.0. The Labute approximate surface area is 171 Å². The Hall–Kier alpha value is -3.08. The fraction of sp³-hybridized carbons (Fsp3) is 0.333. The van der Waals surface area contributed by atoms with Crippen molar-refractivity contribution in [3.8, 4) is 0 Å². The van der Waals surface area contributed by atoms with Crippen molar-refractivity contribution in [2.45, 2.75) is 31.7 Å². The first-order valence-electron chi connectivity index (χ1n) is 10.2. The minimum atomic E-state index is -0.426. The molecule has 2 amide bonds. The lowest BCUT2D eigenvalue weighted by atomic mass is 9.78. The molecule has 150 valence electrons. The highest BCUT2D eigenvalue weighted by Gasteiger charge is 2.45. The number of allylic oxidation sites excluding steroid dienone is 1. The van der Waals surface area contributed by atoms with Gasteiger partial charge in [0.25, 0.3) is 5.91 Å². The Morgan fingerprint density at radius 1 is 1.21 bits per heavy atom. The van der Waals surface area contributed by atoms with E-state index in [0.29, 0.717) is 5.56 Å². The highest BCUT2D eigenvalue weighted by Crippen LogP contribution is 2.45. The van der Waals surface area contributed by atoms with Crippen molar-refractivity contribution >= 4 is 24.0 Å². The van der Waals surface area contributed by atoms with Crippen molar-refractivity contribution in [1.29, 1.82) is 0 Å². The monoisotopic (exact) mass is 389 g/mol. The molecule has 4 rings (SSSR count). The van der Waals surface area contributed by atoms with Gasteiger partial charge in [-0.25, -0.2) is 0 Å². The Balaban J connectivity index is 1.91. The van der Waals surface area contributed by atoms with Gasteiger partial charge in [0.15, 0.2) is 0 Å². The quantitative estimate of drug-likeness (QED) is 0.851. The lowest BCUT2D eigenvalue weighted by Gasteiger charge is -2.41. The van der Waals surface area contributed by atoms with Gasteiger partial charge >= 0.3 is 0 Å². The Morgan fingerprint density at radius 3 is 2.62 bits per heavy atom. The molecule has 2 aliphatic rings. The maximum atomic E-state index is 13.7. The first kappa shape index (κ1) is 19.2. The van der Waals surface area contributed by atoms with Crippen LogP contribution in [-0.4, -0.2) is 46.7 Å². The summed E-state index contributed by atoms with van der Waals surface area (Å²) in [6.45, 7) is 7.43. The van der Waals surface area contributed by atoms with Gasteiger partial charge in [-0.05, 0) is 37.5 Å². The number of likely N-dealkylation sites (N-methyl/N-ethyl adjacent to an activating group) is 1. The molecule has 2 aliphatic heterocycles. The number of carbonyl (C=O) groups is 2. The highest BCUT2D eigenvalue weighted by molar-refractivity contribution is 6.01.